The zero-order chi connectivity index (χ0) is 45.8. The maximum absolute atomic E-state index is 12.8. The fraction of sp³-hybridized carbons (Fsp3) is 0.737. The minimum absolute atomic E-state index is 0.0866. The zero-order valence-corrected chi connectivity index (χ0v) is 41.3. The topological polar surface area (TPSA) is 78.9 Å². The molecule has 362 valence electrons. The van der Waals surface area contributed by atoms with Gasteiger partial charge in [-0.3, -0.25) is 14.4 Å². The molecule has 1 atom stereocenters. The molecule has 1 unspecified atom stereocenters. The Morgan fingerprint density at radius 2 is 0.619 bits per heavy atom. The Morgan fingerprint density at radius 3 is 0.968 bits per heavy atom. The van der Waals surface area contributed by atoms with Crippen LogP contribution in [0.25, 0.3) is 0 Å². The molecule has 0 rings (SSSR count). The van der Waals surface area contributed by atoms with E-state index in [1.165, 1.54) is 141 Å². The summed E-state index contributed by atoms with van der Waals surface area (Å²) in [5.41, 5.74) is 0. The average Bonchev–Trinajstić information content (AvgIpc) is 3.28. The Hall–Kier alpha value is -3.15. The second-order valence-electron chi connectivity index (χ2n) is 17.6. The number of allylic oxidation sites excluding steroid dienone is 12. The Labute approximate surface area is 389 Å². The van der Waals surface area contributed by atoms with Crippen molar-refractivity contribution in [1.82, 2.24) is 0 Å². The van der Waals surface area contributed by atoms with Gasteiger partial charge in [0.2, 0.25) is 0 Å². The first-order valence-electron chi connectivity index (χ1n) is 26.5. The Kier molecular flexibility index (Phi) is 48.9. The fourth-order valence-corrected chi connectivity index (χ4v) is 7.42. The molecule has 0 bridgehead atoms. The normalized spacial score (nSPS) is 12.6. The SMILES string of the molecule is CC\C=C/C=C\C=C/C=C\C=C\C=C/CCCCCC(=O)OCC(COC(=O)CCCCCCCCCCCCCCC)OC(=O)CCCCCCCCCCCCCCCCC. The van der Waals surface area contributed by atoms with Gasteiger partial charge in [-0.25, -0.2) is 0 Å². The number of hydrogen-bond acceptors (Lipinski definition) is 6. The first kappa shape index (κ1) is 59.9. The van der Waals surface area contributed by atoms with Crippen molar-refractivity contribution in [3.05, 3.63) is 72.9 Å². The number of rotatable bonds is 47. The highest BCUT2D eigenvalue weighted by molar-refractivity contribution is 5.71. The lowest BCUT2D eigenvalue weighted by molar-refractivity contribution is -0.167. The highest BCUT2D eigenvalue weighted by atomic mass is 16.6. The van der Waals surface area contributed by atoms with E-state index in [2.05, 4.69) is 32.9 Å². The maximum atomic E-state index is 12.8. The molecule has 0 aromatic heterocycles. The number of esters is 3. The van der Waals surface area contributed by atoms with Crippen molar-refractivity contribution in [2.45, 2.75) is 258 Å². The largest absolute Gasteiger partial charge is 0.462 e. The molecule has 6 heteroatoms. The van der Waals surface area contributed by atoms with Crippen LogP contribution in [0.4, 0.5) is 0 Å². The summed E-state index contributed by atoms with van der Waals surface area (Å²) in [5.74, 6) is -0.924. The summed E-state index contributed by atoms with van der Waals surface area (Å²) >= 11 is 0. The van der Waals surface area contributed by atoms with Gasteiger partial charge in [0.05, 0.1) is 0 Å². The summed E-state index contributed by atoms with van der Waals surface area (Å²) < 4.78 is 16.8. The van der Waals surface area contributed by atoms with Crippen molar-refractivity contribution in [1.29, 1.82) is 0 Å². The highest BCUT2D eigenvalue weighted by Gasteiger charge is 2.19. The average molecular weight is 879 g/mol. The van der Waals surface area contributed by atoms with Gasteiger partial charge in [-0.15, -0.1) is 0 Å². The van der Waals surface area contributed by atoms with Gasteiger partial charge < -0.3 is 14.2 Å². The first-order chi connectivity index (χ1) is 31.0. The van der Waals surface area contributed by atoms with Crippen LogP contribution in [0, 0.1) is 0 Å². The molecule has 0 saturated carbocycles. The molecule has 0 aromatic carbocycles. The first-order valence-corrected chi connectivity index (χ1v) is 26.5. The minimum Gasteiger partial charge on any atom is -0.462 e. The maximum Gasteiger partial charge on any atom is 0.306 e. The zero-order valence-electron chi connectivity index (χ0n) is 41.3. The summed E-state index contributed by atoms with van der Waals surface area (Å²) in [6.07, 6.45) is 64.5. The molecule has 0 aromatic rings. The number of carbonyl (C=O) groups excluding carboxylic acids is 3. The van der Waals surface area contributed by atoms with Crippen LogP contribution in [-0.2, 0) is 28.6 Å². The minimum atomic E-state index is -0.790. The molecule has 0 heterocycles. The standard InChI is InChI=1S/C57H98O6/c1-4-7-10-13-16-19-22-25-27-28-30-32-35-38-41-44-47-50-56(59)62-53-54(52-61-55(58)49-46-43-40-37-34-31-24-21-18-15-12-9-6-3)63-57(60)51-48-45-42-39-36-33-29-26-23-20-17-14-11-8-5-2/h7,10,13,16,19,22,25,27-28,30,32,35,54H,4-6,8-9,11-12,14-15,17-18,20-21,23-24,26,29,31,33-34,36-53H2,1-3H3/b10-7-,16-13-,22-19-,27-25-,30-28+,35-32-. The molecule has 0 radical (unpaired) electrons. The van der Waals surface area contributed by atoms with E-state index in [4.69, 9.17) is 14.2 Å². The van der Waals surface area contributed by atoms with Crippen LogP contribution < -0.4 is 0 Å². The van der Waals surface area contributed by atoms with Gasteiger partial charge in [0.15, 0.2) is 6.10 Å². The third-order valence-corrected chi connectivity index (χ3v) is 11.4. The lowest BCUT2D eigenvalue weighted by Gasteiger charge is -2.18. The summed E-state index contributed by atoms with van der Waals surface area (Å²) in [6.45, 7) is 6.47. The predicted molar refractivity (Wildman–Crippen MR) is 270 cm³/mol. The molecule has 0 amide bonds. The van der Waals surface area contributed by atoms with Gasteiger partial charge in [0.25, 0.3) is 0 Å². The van der Waals surface area contributed by atoms with Crippen molar-refractivity contribution >= 4 is 17.9 Å². The van der Waals surface area contributed by atoms with Gasteiger partial charge in [0.1, 0.15) is 13.2 Å². The third kappa shape index (κ3) is 49.7. The van der Waals surface area contributed by atoms with E-state index < -0.39 is 6.10 Å². The molecule has 0 N–H and O–H groups in total. The van der Waals surface area contributed by atoms with Crippen LogP contribution in [-0.4, -0.2) is 37.2 Å². The van der Waals surface area contributed by atoms with Crippen LogP contribution in [0.1, 0.15) is 252 Å². The van der Waals surface area contributed by atoms with Crippen LogP contribution >= 0.6 is 0 Å². The third-order valence-electron chi connectivity index (χ3n) is 11.4. The molecule has 6 nitrogen and oxygen atoms in total. The second-order valence-corrected chi connectivity index (χ2v) is 17.6. The van der Waals surface area contributed by atoms with Gasteiger partial charge in [-0.05, 0) is 38.5 Å². The number of hydrogen-bond donors (Lipinski definition) is 0. The highest BCUT2D eigenvalue weighted by Crippen LogP contribution is 2.16. The van der Waals surface area contributed by atoms with Gasteiger partial charge in [0, 0.05) is 19.3 Å². The van der Waals surface area contributed by atoms with E-state index in [1.54, 1.807) is 0 Å². The van der Waals surface area contributed by atoms with Crippen LogP contribution in [0.2, 0.25) is 0 Å². The molecule has 0 saturated heterocycles. The second kappa shape index (κ2) is 51.5. The summed E-state index contributed by atoms with van der Waals surface area (Å²) in [4.78, 5) is 38.0. The molecule has 0 fully saturated rings. The van der Waals surface area contributed by atoms with E-state index in [9.17, 15) is 14.4 Å². The quantitative estimate of drug-likeness (QED) is 0.0262. The molecule has 63 heavy (non-hydrogen) atoms. The van der Waals surface area contributed by atoms with Gasteiger partial charge in [-0.2, -0.15) is 0 Å². The lowest BCUT2D eigenvalue weighted by Crippen LogP contribution is -2.30. The van der Waals surface area contributed by atoms with Crippen molar-refractivity contribution in [3.63, 3.8) is 0 Å². The van der Waals surface area contributed by atoms with Gasteiger partial charge in [-0.1, -0.05) is 267 Å². The number of unbranched alkanes of at least 4 members (excludes halogenated alkanes) is 29. The number of ether oxygens (including phenoxy) is 3. The van der Waals surface area contributed by atoms with E-state index in [-0.39, 0.29) is 31.1 Å². The predicted octanol–water partition coefficient (Wildman–Crippen LogP) is 17.4. The summed E-state index contributed by atoms with van der Waals surface area (Å²) in [7, 11) is 0. The molecule has 0 spiro atoms. The van der Waals surface area contributed by atoms with E-state index in [1.807, 2.05) is 60.8 Å². The Balaban J connectivity index is 4.45. The molecule has 0 aliphatic heterocycles. The molecule has 0 aliphatic carbocycles. The monoisotopic (exact) mass is 879 g/mol. The van der Waals surface area contributed by atoms with Crippen LogP contribution in [0.15, 0.2) is 72.9 Å². The van der Waals surface area contributed by atoms with E-state index in [0.717, 1.165) is 70.6 Å². The Morgan fingerprint density at radius 1 is 0.333 bits per heavy atom. The van der Waals surface area contributed by atoms with Crippen LogP contribution in [0.5, 0.6) is 0 Å². The van der Waals surface area contributed by atoms with Crippen molar-refractivity contribution in [2.24, 2.45) is 0 Å². The van der Waals surface area contributed by atoms with E-state index in [0.29, 0.717) is 19.3 Å². The van der Waals surface area contributed by atoms with Gasteiger partial charge >= 0.3 is 17.9 Å². The van der Waals surface area contributed by atoms with Crippen molar-refractivity contribution in [2.75, 3.05) is 13.2 Å². The molecular weight excluding hydrogens is 781 g/mol. The Bertz CT molecular complexity index is 1190. The van der Waals surface area contributed by atoms with Crippen molar-refractivity contribution < 1.29 is 28.6 Å². The molecular formula is C57H98O6. The van der Waals surface area contributed by atoms with E-state index >= 15 is 0 Å². The van der Waals surface area contributed by atoms with Crippen LogP contribution in [0.3, 0.4) is 0 Å². The fourth-order valence-electron chi connectivity index (χ4n) is 7.42. The number of carbonyl (C=O) groups is 3. The summed E-state index contributed by atoms with van der Waals surface area (Å²) in [6, 6.07) is 0. The summed E-state index contributed by atoms with van der Waals surface area (Å²) in [5, 5.41) is 0. The lowest BCUT2D eigenvalue weighted by atomic mass is 10.0. The van der Waals surface area contributed by atoms with Crippen molar-refractivity contribution in [3.8, 4) is 0 Å². The molecule has 0 aliphatic rings. The smallest absolute Gasteiger partial charge is 0.306 e.